The topological polar surface area (TPSA) is 21.3 Å². The first-order chi connectivity index (χ1) is 9.34. The van der Waals surface area contributed by atoms with Crippen molar-refractivity contribution >= 4 is 0 Å². The van der Waals surface area contributed by atoms with Gasteiger partial charge in [0.15, 0.2) is 0 Å². The van der Waals surface area contributed by atoms with E-state index in [-0.39, 0.29) is 17.6 Å². The van der Waals surface area contributed by atoms with Crippen molar-refractivity contribution in [2.75, 3.05) is 6.61 Å². The largest absolute Gasteiger partial charge is 0.378 e. The van der Waals surface area contributed by atoms with Crippen molar-refractivity contribution in [3.05, 3.63) is 35.4 Å². The molecule has 2 rings (SSSR count). The van der Waals surface area contributed by atoms with Crippen molar-refractivity contribution in [3.63, 3.8) is 0 Å². The van der Waals surface area contributed by atoms with Crippen LogP contribution in [0.3, 0.4) is 0 Å². The molecule has 1 aromatic rings. The average molecular weight is 283 g/mol. The summed E-state index contributed by atoms with van der Waals surface area (Å²) in [5.74, 6) is -1.07. The molecular weight excluding hydrogens is 260 g/mol. The van der Waals surface area contributed by atoms with Gasteiger partial charge in [0.2, 0.25) is 0 Å². The zero-order chi connectivity index (χ0) is 14.9. The van der Waals surface area contributed by atoms with E-state index in [1.54, 1.807) is 0 Å². The molecule has 1 aliphatic rings. The summed E-state index contributed by atoms with van der Waals surface area (Å²) in [6.45, 7) is 8.96. The Kier molecular flexibility index (Phi) is 4.45. The van der Waals surface area contributed by atoms with Gasteiger partial charge in [0, 0.05) is 30.2 Å². The van der Waals surface area contributed by atoms with Crippen molar-refractivity contribution in [1.82, 2.24) is 5.32 Å². The number of nitrogens with one attached hydrogen (secondary N) is 1. The highest BCUT2D eigenvalue weighted by molar-refractivity contribution is 5.21. The van der Waals surface area contributed by atoms with Gasteiger partial charge in [-0.1, -0.05) is 13.8 Å². The molecule has 0 amide bonds. The van der Waals surface area contributed by atoms with Gasteiger partial charge in [-0.15, -0.1) is 0 Å². The molecule has 112 valence electrons. The van der Waals surface area contributed by atoms with Crippen LogP contribution in [0.5, 0.6) is 0 Å². The summed E-state index contributed by atoms with van der Waals surface area (Å²) in [5.41, 5.74) is 0.675. The summed E-state index contributed by atoms with van der Waals surface area (Å²) in [7, 11) is 0. The molecule has 0 aliphatic heterocycles. The molecule has 0 bridgehead atoms. The molecule has 0 spiro atoms. The van der Waals surface area contributed by atoms with E-state index in [1.807, 2.05) is 13.8 Å². The number of rotatable bonds is 5. The second-order valence-corrected chi connectivity index (χ2v) is 6.14. The van der Waals surface area contributed by atoms with Crippen LogP contribution in [-0.2, 0) is 4.74 Å². The van der Waals surface area contributed by atoms with Crippen LogP contribution in [0.2, 0.25) is 0 Å². The van der Waals surface area contributed by atoms with Crippen LogP contribution in [0.4, 0.5) is 8.78 Å². The molecule has 4 heteroatoms. The van der Waals surface area contributed by atoms with Crippen LogP contribution in [-0.4, -0.2) is 18.8 Å². The Morgan fingerprint density at radius 3 is 2.40 bits per heavy atom. The minimum atomic E-state index is -0.534. The fourth-order valence-corrected chi connectivity index (χ4v) is 2.88. The first-order valence-corrected chi connectivity index (χ1v) is 7.18. The molecule has 0 radical (unpaired) electrons. The summed E-state index contributed by atoms with van der Waals surface area (Å²) in [5, 5.41) is 3.45. The fourth-order valence-electron chi connectivity index (χ4n) is 2.88. The molecule has 0 heterocycles. The Morgan fingerprint density at radius 1 is 1.30 bits per heavy atom. The highest BCUT2D eigenvalue weighted by Gasteiger charge is 2.49. The maximum Gasteiger partial charge on any atom is 0.126 e. The van der Waals surface area contributed by atoms with E-state index < -0.39 is 11.6 Å². The maximum absolute atomic E-state index is 13.2. The minimum Gasteiger partial charge on any atom is -0.378 e. The van der Waals surface area contributed by atoms with Gasteiger partial charge in [-0.2, -0.15) is 0 Å². The molecule has 1 saturated carbocycles. The van der Waals surface area contributed by atoms with Crippen molar-refractivity contribution in [1.29, 1.82) is 0 Å². The Hall–Kier alpha value is -1.00. The summed E-state index contributed by atoms with van der Waals surface area (Å²) >= 11 is 0. The highest BCUT2D eigenvalue weighted by Crippen LogP contribution is 2.43. The molecule has 20 heavy (non-hydrogen) atoms. The minimum absolute atomic E-state index is 0.0378. The second-order valence-electron chi connectivity index (χ2n) is 6.14. The molecule has 1 fully saturated rings. The van der Waals surface area contributed by atoms with Gasteiger partial charge >= 0.3 is 0 Å². The van der Waals surface area contributed by atoms with E-state index in [4.69, 9.17) is 4.74 Å². The third kappa shape index (κ3) is 3.01. The van der Waals surface area contributed by atoms with E-state index in [0.29, 0.717) is 18.2 Å². The molecule has 2 nitrogen and oxygen atoms in total. The van der Waals surface area contributed by atoms with Gasteiger partial charge in [-0.25, -0.2) is 8.78 Å². The number of hydrogen-bond donors (Lipinski definition) is 1. The predicted octanol–water partition coefficient (Wildman–Crippen LogP) is 3.82. The van der Waals surface area contributed by atoms with Gasteiger partial charge in [0.05, 0.1) is 6.10 Å². The zero-order valence-electron chi connectivity index (χ0n) is 12.5. The monoisotopic (exact) mass is 283 g/mol. The first-order valence-electron chi connectivity index (χ1n) is 7.18. The lowest BCUT2D eigenvalue weighted by Gasteiger charge is -2.52. The van der Waals surface area contributed by atoms with Gasteiger partial charge in [0.1, 0.15) is 11.6 Å². The summed E-state index contributed by atoms with van der Waals surface area (Å²) in [6, 6.07) is 3.86. The SMILES string of the molecule is CCOC1CC(NC(C)c2cc(F)cc(F)c2)C1(C)C. The average Bonchev–Trinajstić information content (AvgIpc) is 2.36. The predicted molar refractivity (Wildman–Crippen MR) is 75.5 cm³/mol. The van der Waals surface area contributed by atoms with Crippen molar-refractivity contribution in [2.45, 2.75) is 52.3 Å². The summed E-state index contributed by atoms with van der Waals surface area (Å²) in [4.78, 5) is 0. The van der Waals surface area contributed by atoms with Gasteiger partial charge < -0.3 is 10.1 Å². The van der Waals surface area contributed by atoms with Crippen LogP contribution in [0, 0.1) is 17.0 Å². The lowest BCUT2D eigenvalue weighted by Crippen LogP contribution is -2.61. The summed E-state index contributed by atoms with van der Waals surface area (Å²) in [6.07, 6.45) is 1.18. The van der Waals surface area contributed by atoms with Crippen LogP contribution in [0.15, 0.2) is 18.2 Å². The molecule has 1 aromatic carbocycles. The van der Waals surface area contributed by atoms with Crippen molar-refractivity contribution in [2.24, 2.45) is 5.41 Å². The van der Waals surface area contributed by atoms with Crippen molar-refractivity contribution < 1.29 is 13.5 Å². The Bertz CT molecular complexity index is 455. The molecule has 0 saturated heterocycles. The van der Waals surface area contributed by atoms with Crippen LogP contribution in [0.1, 0.15) is 45.7 Å². The quantitative estimate of drug-likeness (QED) is 0.887. The molecule has 0 aromatic heterocycles. The van der Waals surface area contributed by atoms with E-state index in [1.165, 1.54) is 12.1 Å². The lowest BCUT2D eigenvalue weighted by atomic mass is 9.64. The van der Waals surface area contributed by atoms with E-state index >= 15 is 0 Å². The second kappa shape index (κ2) is 5.78. The maximum atomic E-state index is 13.2. The Balaban J connectivity index is 2.00. The Labute approximate surface area is 119 Å². The van der Waals surface area contributed by atoms with E-state index in [2.05, 4.69) is 19.2 Å². The third-order valence-corrected chi connectivity index (χ3v) is 4.38. The zero-order valence-corrected chi connectivity index (χ0v) is 12.5. The normalized spacial score (nSPS) is 26.1. The number of benzene rings is 1. The van der Waals surface area contributed by atoms with Crippen molar-refractivity contribution in [3.8, 4) is 0 Å². The molecule has 1 N–H and O–H groups in total. The van der Waals surface area contributed by atoms with Crippen LogP contribution >= 0.6 is 0 Å². The fraction of sp³-hybridized carbons (Fsp3) is 0.625. The highest BCUT2D eigenvalue weighted by atomic mass is 19.1. The molecular formula is C16H23F2NO. The lowest BCUT2D eigenvalue weighted by molar-refractivity contribution is -0.116. The summed E-state index contributed by atoms with van der Waals surface area (Å²) < 4.78 is 32.2. The molecule has 1 aliphatic carbocycles. The number of halogens is 2. The van der Waals surface area contributed by atoms with Gasteiger partial charge in [-0.3, -0.25) is 0 Å². The smallest absolute Gasteiger partial charge is 0.126 e. The Morgan fingerprint density at radius 2 is 1.90 bits per heavy atom. The molecule has 3 unspecified atom stereocenters. The van der Waals surface area contributed by atoms with Gasteiger partial charge in [-0.05, 0) is 38.0 Å². The van der Waals surface area contributed by atoms with Crippen LogP contribution in [0.25, 0.3) is 0 Å². The number of hydrogen-bond acceptors (Lipinski definition) is 2. The standard InChI is InChI=1S/C16H23F2NO/c1-5-20-15-9-14(16(15,3)4)19-10(2)11-6-12(17)8-13(18)7-11/h6-8,10,14-15,19H,5,9H2,1-4H3. The van der Waals surface area contributed by atoms with Crippen LogP contribution < -0.4 is 5.32 Å². The van der Waals surface area contributed by atoms with Gasteiger partial charge in [0.25, 0.3) is 0 Å². The third-order valence-electron chi connectivity index (χ3n) is 4.38. The number of ether oxygens (including phenoxy) is 1. The molecule has 3 atom stereocenters. The first kappa shape index (κ1) is 15.4. The van der Waals surface area contributed by atoms with E-state index in [0.717, 1.165) is 12.5 Å². The van der Waals surface area contributed by atoms with E-state index in [9.17, 15) is 8.78 Å².